The molecule has 2 N–H and O–H groups in total. The molecule has 0 saturated carbocycles. The average molecular weight is 305 g/mol. The highest BCUT2D eigenvalue weighted by Crippen LogP contribution is 2.27. The number of aryl methyl sites for hydroxylation is 1. The van der Waals surface area contributed by atoms with E-state index < -0.39 is 0 Å². The second-order valence-electron chi connectivity index (χ2n) is 5.86. The normalized spacial score (nSPS) is 23.6. The molecule has 0 amide bonds. The first-order valence-electron chi connectivity index (χ1n) is 7.65. The number of hydrogen-bond acceptors (Lipinski definition) is 5. The van der Waals surface area contributed by atoms with Gasteiger partial charge in [-0.2, -0.15) is 0 Å². The Labute approximate surface area is 130 Å². The zero-order valence-corrected chi connectivity index (χ0v) is 13.5. The van der Waals surface area contributed by atoms with Crippen LogP contribution in [0.4, 0.5) is 0 Å². The van der Waals surface area contributed by atoms with Crippen LogP contribution in [0.3, 0.4) is 0 Å². The van der Waals surface area contributed by atoms with Crippen LogP contribution in [0.1, 0.15) is 31.2 Å². The fourth-order valence-corrected chi connectivity index (χ4v) is 3.64. The van der Waals surface area contributed by atoms with Crippen molar-refractivity contribution in [2.75, 3.05) is 13.1 Å². The highest BCUT2D eigenvalue weighted by Gasteiger charge is 2.26. The maximum absolute atomic E-state index is 6.18. The third-order valence-corrected chi connectivity index (χ3v) is 5.26. The third-order valence-electron chi connectivity index (χ3n) is 4.40. The molecule has 2 unspecified atom stereocenters. The summed E-state index contributed by atoms with van der Waals surface area (Å²) in [5.74, 6) is 2.28. The van der Waals surface area contributed by atoms with Gasteiger partial charge in [0.15, 0.2) is 0 Å². The van der Waals surface area contributed by atoms with Crippen molar-refractivity contribution >= 4 is 11.3 Å². The van der Waals surface area contributed by atoms with E-state index in [0.717, 1.165) is 54.7 Å². The highest BCUT2D eigenvalue weighted by atomic mass is 32.1. The molecular formula is C16H23N3OS. The topological polar surface area (TPSA) is 55.3 Å². The molecule has 1 fully saturated rings. The largest absolute Gasteiger partial charge is 0.440 e. The van der Waals surface area contributed by atoms with Gasteiger partial charge >= 0.3 is 0 Å². The van der Waals surface area contributed by atoms with E-state index in [9.17, 15) is 0 Å². The molecule has 21 heavy (non-hydrogen) atoms. The van der Waals surface area contributed by atoms with Crippen LogP contribution < -0.4 is 5.73 Å². The summed E-state index contributed by atoms with van der Waals surface area (Å²) in [7, 11) is 0. The van der Waals surface area contributed by atoms with Gasteiger partial charge in [-0.25, -0.2) is 4.98 Å². The van der Waals surface area contributed by atoms with Crippen LogP contribution in [0.2, 0.25) is 0 Å². The van der Waals surface area contributed by atoms with Crippen molar-refractivity contribution in [1.29, 1.82) is 0 Å². The Balaban J connectivity index is 1.71. The van der Waals surface area contributed by atoms with Crippen molar-refractivity contribution in [3.63, 3.8) is 0 Å². The first-order valence-corrected chi connectivity index (χ1v) is 8.53. The van der Waals surface area contributed by atoms with Gasteiger partial charge in [0.05, 0.1) is 10.6 Å². The summed E-state index contributed by atoms with van der Waals surface area (Å²) >= 11 is 1.66. The maximum atomic E-state index is 6.18. The lowest BCUT2D eigenvalue weighted by Gasteiger charge is -2.36. The third kappa shape index (κ3) is 3.20. The van der Waals surface area contributed by atoms with Crippen LogP contribution in [-0.4, -0.2) is 29.0 Å². The molecule has 1 aliphatic rings. The molecule has 0 bridgehead atoms. The Kier molecular flexibility index (Phi) is 4.42. The van der Waals surface area contributed by atoms with Gasteiger partial charge in [-0.15, -0.1) is 11.3 Å². The lowest BCUT2D eigenvalue weighted by Crippen LogP contribution is -2.46. The predicted molar refractivity (Wildman–Crippen MR) is 86.2 cm³/mol. The molecule has 2 aromatic rings. The summed E-state index contributed by atoms with van der Waals surface area (Å²) in [5.41, 5.74) is 7.24. The minimum Gasteiger partial charge on any atom is -0.440 e. The van der Waals surface area contributed by atoms with E-state index in [1.807, 2.05) is 24.4 Å². The fourth-order valence-electron chi connectivity index (χ4n) is 2.99. The van der Waals surface area contributed by atoms with Crippen molar-refractivity contribution in [3.8, 4) is 10.8 Å². The smallest absolute Gasteiger partial charge is 0.236 e. The maximum Gasteiger partial charge on any atom is 0.236 e. The molecule has 0 aliphatic carbocycles. The van der Waals surface area contributed by atoms with E-state index >= 15 is 0 Å². The number of oxazole rings is 1. The Morgan fingerprint density at radius 1 is 1.52 bits per heavy atom. The molecule has 5 heteroatoms. The number of nitrogens with two attached hydrogens (primary N) is 1. The average Bonchev–Trinajstić information content (AvgIpc) is 3.11. The summed E-state index contributed by atoms with van der Waals surface area (Å²) < 4.78 is 5.82. The quantitative estimate of drug-likeness (QED) is 0.942. The molecule has 4 nitrogen and oxygen atoms in total. The van der Waals surface area contributed by atoms with Gasteiger partial charge in [-0.1, -0.05) is 19.4 Å². The van der Waals surface area contributed by atoms with Gasteiger partial charge in [-0.3, -0.25) is 4.90 Å². The van der Waals surface area contributed by atoms with Crippen LogP contribution >= 0.6 is 11.3 Å². The van der Waals surface area contributed by atoms with E-state index in [4.69, 9.17) is 10.2 Å². The van der Waals surface area contributed by atoms with Gasteiger partial charge in [0, 0.05) is 25.7 Å². The Bertz CT molecular complexity index is 578. The molecule has 1 aliphatic heterocycles. The van der Waals surface area contributed by atoms with Crippen molar-refractivity contribution in [2.24, 2.45) is 11.7 Å². The molecule has 114 valence electrons. The summed E-state index contributed by atoms with van der Waals surface area (Å²) in [6, 6.07) is 4.43. The van der Waals surface area contributed by atoms with Crippen molar-refractivity contribution in [2.45, 2.75) is 39.3 Å². The van der Waals surface area contributed by atoms with Crippen molar-refractivity contribution in [1.82, 2.24) is 9.88 Å². The number of thiophene rings is 1. The summed E-state index contributed by atoms with van der Waals surface area (Å²) in [5, 5.41) is 2.05. The molecule has 3 heterocycles. The van der Waals surface area contributed by atoms with Gasteiger partial charge < -0.3 is 10.2 Å². The fraction of sp³-hybridized carbons (Fsp3) is 0.562. The number of nitrogens with zero attached hydrogens (tertiary/aromatic N) is 2. The van der Waals surface area contributed by atoms with Crippen LogP contribution in [0.5, 0.6) is 0 Å². The lowest BCUT2D eigenvalue weighted by molar-refractivity contribution is 0.143. The van der Waals surface area contributed by atoms with Crippen molar-refractivity contribution in [3.05, 3.63) is 29.0 Å². The minimum atomic E-state index is 0.353. The van der Waals surface area contributed by atoms with E-state index in [1.54, 1.807) is 11.3 Å². The molecule has 2 atom stereocenters. The lowest BCUT2D eigenvalue weighted by atomic mass is 9.90. The number of rotatable bonds is 4. The van der Waals surface area contributed by atoms with Crippen LogP contribution in [0.25, 0.3) is 10.8 Å². The first-order chi connectivity index (χ1) is 10.2. The zero-order chi connectivity index (χ0) is 14.8. The second-order valence-corrected chi connectivity index (χ2v) is 6.80. The van der Waals surface area contributed by atoms with Crippen LogP contribution in [0.15, 0.2) is 21.9 Å². The Morgan fingerprint density at radius 2 is 2.38 bits per heavy atom. The number of aromatic nitrogens is 1. The zero-order valence-electron chi connectivity index (χ0n) is 12.7. The summed E-state index contributed by atoms with van der Waals surface area (Å²) in [6.07, 6.45) is 2.23. The van der Waals surface area contributed by atoms with E-state index in [1.165, 1.54) is 0 Å². The number of likely N-dealkylation sites (tertiary alicyclic amines) is 1. The molecule has 0 aromatic carbocycles. The molecule has 3 rings (SSSR count). The SMILES string of the molecule is CCC1CN(Cc2nc(-c3cccs3)oc2C)CCC1N. The number of hydrogen-bond donors (Lipinski definition) is 1. The summed E-state index contributed by atoms with van der Waals surface area (Å²) in [4.78, 5) is 8.24. The predicted octanol–water partition coefficient (Wildman–Crippen LogP) is 3.27. The van der Waals surface area contributed by atoms with Gasteiger partial charge in [0.2, 0.25) is 5.89 Å². The minimum absolute atomic E-state index is 0.353. The van der Waals surface area contributed by atoms with Crippen LogP contribution in [0, 0.1) is 12.8 Å². The van der Waals surface area contributed by atoms with Crippen molar-refractivity contribution < 1.29 is 4.42 Å². The molecule has 2 aromatic heterocycles. The van der Waals surface area contributed by atoms with E-state index in [-0.39, 0.29) is 0 Å². The van der Waals surface area contributed by atoms with E-state index in [0.29, 0.717) is 12.0 Å². The molecule has 0 radical (unpaired) electrons. The monoisotopic (exact) mass is 305 g/mol. The molecular weight excluding hydrogens is 282 g/mol. The van der Waals surface area contributed by atoms with Gasteiger partial charge in [0.25, 0.3) is 0 Å². The second kappa shape index (κ2) is 6.30. The Morgan fingerprint density at radius 3 is 3.10 bits per heavy atom. The Hall–Kier alpha value is -1.17. The van der Waals surface area contributed by atoms with Gasteiger partial charge in [0.1, 0.15) is 5.76 Å². The molecule has 0 spiro atoms. The first kappa shape index (κ1) is 14.8. The number of piperidine rings is 1. The van der Waals surface area contributed by atoms with E-state index in [2.05, 4.69) is 16.8 Å². The molecule has 1 saturated heterocycles. The summed E-state index contributed by atoms with van der Waals surface area (Å²) in [6.45, 7) is 7.22. The van der Waals surface area contributed by atoms with Gasteiger partial charge in [-0.05, 0) is 30.7 Å². The highest BCUT2D eigenvalue weighted by molar-refractivity contribution is 7.13. The standard InChI is InChI=1S/C16H23N3OS/c1-3-12-9-19(7-6-13(12)17)10-14-11(2)20-16(18-14)15-5-4-8-21-15/h4-5,8,12-13H,3,6-7,9-10,17H2,1-2H3. The van der Waals surface area contributed by atoms with Crippen LogP contribution in [-0.2, 0) is 6.54 Å².